The molecule has 7 heterocycles. The Bertz CT molecular complexity index is 2770. The van der Waals surface area contributed by atoms with Crippen LogP contribution in [0, 0.1) is 12.8 Å². The minimum absolute atomic E-state index is 0.0500. The summed E-state index contributed by atoms with van der Waals surface area (Å²) in [6.07, 6.45) is 4.19. The number of fused-ring (bicyclic) bond motifs is 4. The highest BCUT2D eigenvalue weighted by Gasteiger charge is 2.35. The molecule has 336 valence electrons. The summed E-state index contributed by atoms with van der Waals surface area (Å²) in [5.74, 6) is 1.34. The second-order valence-electron chi connectivity index (χ2n) is 18.9. The quantitative estimate of drug-likeness (QED) is 0.136. The second kappa shape index (κ2) is 17.0. The van der Waals surface area contributed by atoms with Crippen LogP contribution < -0.4 is 30.1 Å². The number of aryl methyl sites for hydroxylation is 1. The van der Waals surface area contributed by atoms with E-state index in [2.05, 4.69) is 87.9 Å². The van der Waals surface area contributed by atoms with Crippen molar-refractivity contribution in [2.24, 2.45) is 5.92 Å². The molecule has 2 atom stereocenters. The minimum Gasteiger partial charge on any atom is -0.489 e. The summed E-state index contributed by atoms with van der Waals surface area (Å²) in [5, 5.41) is 10.3. The fraction of sp³-hybridized carbons (Fsp3) is 0.408. The number of rotatable bonds is 9. The summed E-state index contributed by atoms with van der Waals surface area (Å²) >= 11 is 0. The van der Waals surface area contributed by atoms with E-state index in [0.29, 0.717) is 37.4 Å². The number of urea groups is 1. The molecular weight excluding hydrogens is 823 g/mol. The maximum atomic E-state index is 13.0. The largest absolute Gasteiger partial charge is 0.489 e. The lowest BCUT2D eigenvalue weighted by Crippen LogP contribution is -2.58. The van der Waals surface area contributed by atoms with Crippen LogP contribution in [0.4, 0.5) is 21.9 Å². The van der Waals surface area contributed by atoms with Gasteiger partial charge in [-0.15, -0.1) is 0 Å². The van der Waals surface area contributed by atoms with Crippen molar-refractivity contribution in [2.75, 3.05) is 67.1 Å². The van der Waals surface area contributed by atoms with E-state index in [1.54, 1.807) is 11.2 Å². The normalized spacial score (nSPS) is 18.8. The number of amides is 4. The van der Waals surface area contributed by atoms with Crippen molar-refractivity contribution in [3.8, 4) is 28.3 Å². The van der Waals surface area contributed by atoms with Crippen molar-refractivity contribution >= 4 is 45.9 Å². The Balaban J connectivity index is 0.750. The Morgan fingerprint density at radius 3 is 2.46 bits per heavy atom. The summed E-state index contributed by atoms with van der Waals surface area (Å²) in [5.41, 5.74) is 9.26. The lowest BCUT2D eigenvalue weighted by Gasteiger charge is -2.47. The Hall–Kier alpha value is -6.81. The summed E-state index contributed by atoms with van der Waals surface area (Å²) in [6.45, 7) is 17.0. The number of piperidine rings is 1. The van der Waals surface area contributed by atoms with Gasteiger partial charge < -0.3 is 29.4 Å². The van der Waals surface area contributed by atoms with Crippen molar-refractivity contribution < 1.29 is 23.6 Å². The van der Waals surface area contributed by atoms with Gasteiger partial charge in [0.25, 0.3) is 0 Å². The number of nitrogens with zero attached hydrogens (tertiary/aromatic N) is 8. The topological polar surface area (TPSA) is 178 Å². The van der Waals surface area contributed by atoms with Crippen LogP contribution in [0.15, 0.2) is 77.6 Å². The molecule has 4 amide bonds. The van der Waals surface area contributed by atoms with Crippen LogP contribution in [-0.4, -0.2) is 106 Å². The highest BCUT2D eigenvalue weighted by molar-refractivity contribution is 6.05. The van der Waals surface area contributed by atoms with Crippen molar-refractivity contribution in [2.45, 2.75) is 71.4 Å². The smallest absolute Gasteiger partial charge is 0.328 e. The summed E-state index contributed by atoms with van der Waals surface area (Å²) < 4.78 is 11.8. The number of imide groups is 1. The molecule has 3 aromatic heterocycles. The van der Waals surface area contributed by atoms with Crippen molar-refractivity contribution in [3.63, 3.8) is 0 Å². The first-order valence-electron chi connectivity index (χ1n) is 22.7. The van der Waals surface area contributed by atoms with E-state index in [-0.39, 0.29) is 29.3 Å². The van der Waals surface area contributed by atoms with Crippen molar-refractivity contribution in [1.82, 2.24) is 40.6 Å². The van der Waals surface area contributed by atoms with Gasteiger partial charge >= 0.3 is 17.8 Å². The number of carbonyl (C=O) groups is 3. The van der Waals surface area contributed by atoms with Crippen LogP contribution in [0.1, 0.15) is 80.6 Å². The number of nitrogens with one attached hydrogen (secondary N) is 3. The molecule has 0 unspecified atom stereocenters. The molecule has 0 radical (unpaired) electrons. The number of aromatic amines is 1. The zero-order valence-corrected chi connectivity index (χ0v) is 37.6. The molecular formula is C49H55N11O5. The lowest BCUT2D eigenvalue weighted by atomic mass is 9.95. The molecule has 3 saturated heterocycles. The number of ether oxygens (including phenoxy) is 1. The van der Waals surface area contributed by atoms with Gasteiger partial charge in [0.1, 0.15) is 24.3 Å². The van der Waals surface area contributed by atoms with Crippen LogP contribution in [0.2, 0.25) is 0 Å². The number of benzene rings is 3. The van der Waals surface area contributed by atoms with Crippen LogP contribution in [-0.2, 0) is 10.2 Å². The van der Waals surface area contributed by atoms with Gasteiger partial charge in [0.05, 0.1) is 23.5 Å². The monoisotopic (exact) mass is 877 g/mol. The fourth-order valence-electron chi connectivity index (χ4n) is 9.75. The summed E-state index contributed by atoms with van der Waals surface area (Å²) in [6, 6.07) is 22.5. The highest BCUT2D eigenvalue weighted by Crippen LogP contribution is 2.40. The molecule has 16 nitrogen and oxygen atoms in total. The Labute approximate surface area is 377 Å². The zero-order valence-electron chi connectivity index (χ0n) is 37.6. The standard InChI is InChI=1S/C49H55N11O5/c1-29-22-33(6-12-37(29)30(2)52-45(62)46-55-47(56-65-46)49(3,4)5)43-38-24-39(53-44(38)51-28-50-43)32-7-13-40-41(23-32)64-27-36-26-57(20-21-59(36)40)25-31-14-17-58(18-15-31)34-8-10-35(11-9-34)60-19-16-42(61)54-48(60)63/h6-13,22-24,28,30-31,36H,14-21,25-27H2,1-5H3,(H,52,62)(H,50,51,53)(H,54,61,63)/t30-,36-/m1/s1. The van der Waals surface area contributed by atoms with Gasteiger partial charge in [-0.25, -0.2) is 14.8 Å². The van der Waals surface area contributed by atoms with Gasteiger partial charge in [-0.3, -0.25) is 24.7 Å². The first-order valence-corrected chi connectivity index (χ1v) is 22.7. The van der Waals surface area contributed by atoms with Crippen LogP contribution >= 0.6 is 0 Å². The number of carbonyl (C=O) groups excluding carboxylic acids is 3. The van der Waals surface area contributed by atoms with Crippen LogP contribution in [0.3, 0.4) is 0 Å². The van der Waals surface area contributed by atoms with Gasteiger partial charge in [-0.2, -0.15) is 4.98 Å². The molecule has 0 spiro atoms. The summed E-state index contributed by atoms with van der Waals surface area (Å²) in [7, 11) is 0. The van der Waals surface area contributed by atoms with Crippen molar-refractivity contribution in [1.29, 1.82) is 0 Å². The first kappa shape index (κ1) is 42.2. The van der Waals surface area contributed by atoms with Crippen molar-refractivity contribution in [3.05, 3.63) is 95.9 Å². The number of piperazine rings is 1. The predicted octanol–water partition coefficient (Wildman–Crippen LogP) is 7.02. The molecule has 65 heavy (non-hydrogen) atoms. The molecule has 0 aliphatic carbocycles. The minimum atomic E-state index is -0.411. The fourth-order valence-corrected chi connectivity index (χ4v) is 9.75. The summed E-state index contributed by atoms with van der Waals surface area (Å²) in [4.78, 5) is 63.2. The van der Waals surface area contributed by atoms with Crippen LogP contribution in [0.25, 0.3) is 33.5 Å². The van der Waals surface area contributed by atoms with Gasteiger partial charge in [-0.1, -0.05) is 44.1 Å². The number of anilines is 3. The van der Waals surface area contributed by atoms with Gasteiger partial charge in [0.2, 0.25) is 5.91 Å². The van der Waals surface area contributed by atoms with E-state index in [0.717, 1.165) is 114 Å². The van der Waals surface area contributed by atoms with Gasteiger partial charge in [0.15, 0.2) is 5.82 Å². The molecule has 3 N–H and O–H groups in total. The first-order chi connectivity index (χ1) is 31.3. The third-order valence-electron chi connectivity index (χ3n) is 13.4. The molecule has 10 rings (SSSR count). The Kier molecular flexibility index (Phi) is 11.0. The molecule has 4 aliphatic rings. The Morgan fingerprint density at radius 2 is 1.71 bits per heavy atom. The zero-order chi connectivity index (χ0) is 45.0. The Morgan fingerprint density at radius 1 is 0.923 bits per heavy atom. The van der Waals surface area contributed by atoms with E-state index in [4.69, 9.17) is 14.2 Å². The number of hydrogen-bond acceptors (Lipinski definition) is 12. The molecule has 0 saturated carbocycles. The van der Waals surface area contributed by atoms with Gasteiger partial charge in [0, 0.05) is 91.2 Å². The van der Waals surface area contributed by atoms with Gasteiger partial charge in [-0.05, 0) is 92.3 Å². The molecule has 4 aliphatic heterocycles. The third-order valence-corrected chi connectivity index (χ3v) is 13.4. The average molecular weight is 878 g/mol. The van der Waals surface area contributed by atoms with E-state index in [9.17, 15) is 14.4 Å². The maximum Gasteiger partial charge on any atom is 0.328 e. The van der Waals surface area contributed by atoms with E-state index in [1.807, 2.05) is 58.9 Å². The lowest BCUT2D eigenvalue weighted by molar-refractivity contribution is -0.120. The molecule has 6 aromatic rings. The SMILES string of the molecule is Cc1cc(-c2ncnc3[nH]c(-c4ccc5c(c4)OC[C@H]4CN(CC6CCN(c7ccc(N8CCC(=O)NC8=O)cc7)CC6)CCN54)cc23)ccc1[C@@H](C)NC(=O)c1nc(C(C)(C)C)no1. The number of hydrogen-bond donors (Lipinski definition) is 3. The maximum absolute atomic E-state index is 13.0. The van der Waals surface area contributed by atoms with E-state index in [1.165, 1.54) is 5.69 Å². The van der Waals surface area contributed by atoms with E-state index >= 15 is 0 Å². The molecule has 3 fully saturated rings. The number of aromatic nitrogens is 5. The molecule has 0 bridgehead atoms. The highest BCUT2D eigenvalue weighted by atomic mass is 16.5. The van der Waals surface area contributed by atoms with Crippen LogP contribution in [0.5, 0.6) is 5.75 Å². The molecule has 16 heteroatoms. The average Bonchev–Trinajstić information content (AvgIpc) is 3.99. The third kappa shape index (κ3) is 8.50. The molecule has 3 aromatic carbocycles. The number of H-pyrrole nitrogens is 1. The predicted molar refractivity (Wildman–Crippen MR) is 248 cm³/mol. The second-order valence-corrected chi connectivity index (χ2v) is 18.9. The van der Waals surface area contributed by atoms with E-state index < -0.39 is 5.91 Å².